The number of nitrogens with zero attached hydrogens (tertiary/aromatic N) is 2. The van der Waals surface area contributed by atoms with E-state index in [0.717, 1.165) is 59.2 Å². The fraction of sp³-hybridized carbons (Fsp3) is 0.241. The number of carbonyl (C=O) groups excluding carboxylic acids is 1. The zero-order chi connectivity index (χ0) is 27.5. The fourth-order valence-electron chi connectivity index (χ4n) is 4.88. The van der Waals surface area contributed by atoms with Crippen LogP contribution in [0.25, 0.3) is 10.9 Å². The Labute approximate surface area is 225 Å². The molecule has 1 heterocycles. The fourth-order valence-corrected chi connectivity index (χ4v) is 4.88. The topological polar surface area (TPSA) is 125 Å². The quantitative estimate of drug-likeness (QED) is 0.209. The van der Waals surface area contributed by atoms with Crippen molar-refractivity contribution in [3.05, 3.63) is 81.5 Å². The van der Waals surface area contributed by atoms with Crippen LogP contribution in [0.2, 0.25) is 0 Å². The van der Waals surface area contributed by atoms with Crippen molar-refractivity contribution in [3.8, 4) is 17.2 Å². The number of carbonyl (C=O) groups is 1. The van der Waals surface area contributed by atoms with Crippen LogP contribution in [0.3, 0.4) is 0 Å². The zero-order valence-corrected chi connectivity index (χ0v) is 21.9. The molecule has 200 valence electrons. The van der Waals surface area contributed by atoms with Crippen molar-refractivity contribution < 1.29 is 23.9 Å². The number of hydrogen-bond donors (Lipinski definition) is 2. The smallest absolute Gasteiger partial charge is 0.311 e. The second-order valence-electron chi connectivity index (χ2n) is 9.14. The van der Waals surface area contributed by atoms with E-state index in [1.807, 2.05) is 30.3 Å². The van der Waals surface area contributed by atoms with Gasteiger partial charge in [0, 0.05) is 40.2 Å². The summed E-state index contributed by atoms with van der Waals surface area (Å²) >= 11 is 0. The first-order valence-electron chi connectivity index (χ1n) is 12.5. The van der Waals surface area contributed by atoms with Crippen LogP contribution in [-0.2, 0) is 12.8 Å². The van der Waals surface area contributed by atoms with Gasteiger partial charge in [0.1, 0.15) is 0 Å². The monoisotopic (exact) mass is 528 g/mol. The Morgan fingerprint density at radius 2 is 1.59 bits per heavy atom. The molecule has 10 nitrogen and oxygen atoms in total. The first-order chi connectivity index (χ1) is 18.9. The van der Waals surface area contributed by atoms with E-state index in [-0.39, 0.29) is 17.0 Å². The van der Waals surface area contributed by atoms with Crippen LogP contribution in [0.5, 0.6) is 17.2 Å². The SMILES string of the molecule is COc1ccc(Nc2c3c(nc4ccc(NC(=O)c5ccc(OC)c([N+](=O)[O-])c5)cc24)CCCC3)cc1OC. The Hall–Kier alpha value is -4.86. The standard InChI is InChI=1S/C29H28N4O6/c1-37-25-12-8-17(14-24(25)33(35)36)29(34)31-18-9-11-23-21(15-18)28(20-6-4-5-7-22(20)32-23)30-19-10-13-26(38-2)27(16-19)39-3/h8-16H,4-7H2,1-3H3,(H,30,32)(H,31,34). The molecule has 39 heavy (non-hydrogen) atoms. The summed E-state index contributed by atoms with van der Waals surface area (Å²) in [5.41, 5.74) is 5.19. The molecule has 1 aromatic heterocycles. The predicted octanol–water partition coefficient (Wildman–Crippen LogP) is 6.04. The lowest BCUT2D eigenvalue weighted by Gasteiger charge is -2.22. The van der Waals surface area contributed by atoms with E-state index in [0.29, 0.717) is 17.2 Å². The number of benzene rings is 3. The lowest BCUT2D eigenvalue weighted by molar-refractivity contribution is -0.385. The molecule has 0 radical (unpaired) electrons. The zero-order valence-electron chi connectivity index (χ0n) is 21.9. The minimum absolute atomic E-state index is 0.0870. The first kappa shape index (κ1) is 25.8. The van der Waals surface area contributed by atoms with Crippen LogP contribution in [0.4, 0.5) is 22.7 Å². The van der Waals surface area contributed by atoms with Crippen LogP contribution >= 0.6 is 0 Å². The lowest BCUT2D eigenvalue weighted by Crippen LogP contribution is -2.13. The van der Waals surface area contributed by atoms with Gasteiger partial charge in [0.25, 0.3) is 5.91 Å². The Morgan fingerprint density at radius 1 is 0.872 bits per heavy atom. The van der Waals surface area contributed by atoms with Gasteiger partial charge in [0.05, 0.1) is 37.5 Å². The summed E-state index contributed by atoms with van der Waals surface area (Å²) in [5, 5.41) is 18.7. The number of nitro benzene ring substituents is 1. The molecule has 1 aliphatic carbocycles. The van der Waals surface area contributed by atoms with Gasteiger partial charge in [-0.05, 0) is 73.7 Å². The highest BCUT2D eigenvalue weighted by Crippen LogP contribution is 2.38. The molecule has 0 saturated carbocycles. The van der Waals surface area contributed by atoms with Gasteiger partial charge in [-0.2, -0.15) is 0 Å². The van der Waals surface area contributed by atoms with E-state index in [1.165, 1.54) is 25.3 Å². The van der Waals surface area contributed by atoms with Gasteiger partial charge in [-0.25, -0.2) is 0 Å². The van der Waals surface area contributed by atoms with Gasteiger partial charge in [0.15, 0.2) is 17.2 Å². The summed E-state index contributed by atoms with van der Waals surface area (Å²) in [7, 11) is 4.53. The lowest BCUT2D eigenvalue weighted by atomic mass is 9.92. The van der Waals surface area contributed by atoms with Crippen LogP contribution in [-0.4, -0.2) is 37.1 Å². The third kappa shape index (κ3) is 5.13. The van der Waals surface area contributed by atoms with E-state index in [9.17, 15) is 14.9 Å². The van der Waals surface area contributed by atoms with Crippen LogP contribution in [0.1, 0.15) is 34.5 Å². The van der Waals surface area contributed by atoms with Crippen molar-refractivity contribution in [2.24, 2.45) is 0 Å². The number of ether oxygens (including phenoxy) is 3. The van der Waals surface area contributed by atoms with E-state index in [2.05, 4.69) is 10.6 Å². The van der Waals surface area contributed by atoms with Crippen molar-refractivity contribution in [3.63, 3.8) is 0 Å². The molecule has 0 unspecified atom stereocenters. The van der Waals surface area contributed by atoms with Gasteiger partial charge in [-0.3, -0.25) is 19.9 Å². The molecule has 0 fully saturated rings. The van der Waals surface area contributed by atoms with E-state index >= 15 is 0 Å². The molecule has 0 bridgehead atoms. The van der Waals surface area contributed by atoms with Gasteiger partial charge in [-0.1, -0.05) is 0 Å². The first-order valence-corrected chi connectivity index (χ1v) is 12.5. The van der Waals surface area contributed by atoms with Crippen molar-refractivity contribution in [1.29, 1.82) is 0 Å². The highest BCUT2D eigenvalue weighted by molar-refractivity contribution is 6.06. The van der Waals surface area contributed by atoms with E-state index < -0.39 is 10.8 Å². The van der Waals surface area contributed by atoms with Crippen LogP contribution in [0, 0.1) is 10.1 Å². The number of nitrogens with one attached hydrogen (secondary N) is 2. The average molecular weight is 529 g/mol. The maximum Gasteiger partial charge on any atom is 0.311 e. The summed E-state index contributed by atoms with van der Waals surface area (Å²) in [5.74, 6) is 0.856. The molecule has 1 amide bonds. The third-order valence-electron chi connectivity index (χ3n) is 6.81. The molecule has 0 atom stereocenters. The maximum absolute atomic E-state index is 13.0. The number of fused-ring (bicyclic) bond motifs is 2. The number of rotatable bonds is 8. The van der Waals surface area contributed by atoms with Crippen molar-refractivity contribution in [2.75, 3.05) is 32.0 Å². The number of amides is 1. The predicted molar refractivity (Wildman–Crippen MR) is 149 cm³/mol. The molecule has 2 N–H and O–H groups in total. The molecule has 4 aromatic rings. The second kappa shape index (κ2) is 10.9. The maximum atomic E-state index is 13.0. The molecule has 5 rings (SSSR count). The summed E-state index contributed by atoms with van der Waals surface area (Å²) in [6.45, 7) is 0. The number of methoxy groups -OCH3 is 3. The van der Waals surface area contributed by atoms with Gasteiger partial charge in [-0.15, -0.1) is 0 Å². The Bertz CT molecular complexity index is 1590. The molecule has 1 aliphatic rings. The molecule has 10 heteroatoms. The Balaban J connectivity index is 1.53. The normalized spacial score (nSPS) is 12.4. The van der Waals surface area contributed by atoms with Gasteiger partial charge < -0.3 is 24.8 Å². The van der Waals surface area contributed by atoms with Crippen molar-refractivity contribution in [1.82, 2.24) is 4.98 Å². The number of aryl methyl sites for hydroxylation is 1. The third-order valence-corrected chi connectivity index (χ3v) is 6.81. The van der Waals surface area contributed by atoms with E-state index in [4.69, 9.17) is 19.2 Å². The van der Waals surface area contributed by atoms with Crippen molar-refractivity contribution >= 4 is 39.6 Å². The second-order valence-corrected chi connectivity index (χ2v) is 9.14. The summed E-state index contributed by atoms with van der Waals surface area (Å²) in [6, 6.07) is 15.3. The molecular weight excluding hydrogens is 500 g/mol. The average Bonchev–Trinajstić information content (AvgIpc) is 2.96. The van der Waals surface area contributed by atoms with Gasteiger partial charge >= 0.3 is 5.69 Å². The van der Waals surface area contributed by atoms with E-state index in [1.54, 1.807) is 20.3 Å². The molecule has 3 aromatic carbocycles. The van der Waals surface area contributed by atoms with Crippen LogP contribution in [0.15, 0.2) is 54.6 Å². The highest BCUT2D eigenvalue weighted by atomic mass is 16.6. The number of pyridine rings is 1. The minimum atomic E-state index is -0.577. The van der Waals surface area contributed by atoms with Crippen molar-refractivity contribution in [2.45, 2.75) is 25.7 Å². The number of hydrogen-bond acceptors (Lipinski definition) is 8. The molecule has 0 saturated heterocycles. The highest BCUT2D eigenvalue weighted by Gasteiger charge is 2.21. The summed E-state index contributed by atoms with van der Waals surface area (Å²) < 4.78 is 15.9. The number of anilines is 3. The Morgan fingerprint density at radius 3 is 2.33 bits per heavy atom. The Kier molecular flexibility index (Phi) is 7.18. The largest absolute Gasteiger partial charge is 0.493 e. The minimum Gasteiger partial charge on any atom is -0.493 e. The summed E-state index contributed by atoms with van der Waals surface area (Å²) in [4.78, 5) is 28.8. The van der Waals surface area contributed by atoms with Gasteiger partial charge in [0.2, 0.25) is 0 Å². The molecular formula is C29H28N4O6. The number of nitro groups is 1. The molecule has 0 aliphatic heterocycles. The summed E-state index contributed by atoms with van der Waals surface area (Å²) in [6.07, 6.45) is 3.94. The number of aromatic nitrogens is 1. The molecule has 0 spiro atoms. The van der Waals surface area contributed by atoms with Crippen LogP contribution < -0.4 is 24.8 Å².